The van der Waals surface area contributed by atoms with E-state index in [0.717, 1.165) is 0 Å². The number of hydrogen-bond donors (Lipinski definition) is 2. The second-order valence-corrected chi connectivity index (χ2v) is 4.47. The van der Waals surface area contributed by atoms with Gasteiger partial charge in [-0.2, -0.15) is 11.8 Å². The summed E-state index contributed by atoms with van der Waals surface area (Å²) < 4.78 is 0. The molecule has 0 saturated carbocycles. The van der Waals surface area contributed by atoms with Crippen LogP contribution in [0.2, 0.25) is 0 Å². The Hall–Kier alpha value is -0.970. The molecule has 0 rings (SSSR count). The number of carbonyl (C=O) groups excluding carboxylic acids is 1. The first kappa shape index (κ1) is 15.0. The van der Waals surface area contributed by atoms with E-state index in [0.29, 0.717) is 12.2 Å². The number of carboxylic acids is 1. The lowest BCUT2D eigenvalue weighted by Gasteiger charge is -2.16. The summed E-state index contributed by atoms with van der Waals surface area (Å²) in [6.45, 7) is 3.61. The van der Waals surface area contributed by atoms with E-state index in [9.17, 15) is 9.59 Å². The SMILES string of the molecule is C/C=C/CC(NC(=O)C(C)CSC)C(=O)O. The number of aliphatic carboxylic acids is 1. The molecule has 0 radical (unpaired) electrons. The van der Waals surface area contributed by atoms with Gasteiger partial charge in [0.2, 0.25) is 5.91 Å². The predicted molar refractivity (Wildman–Crippen MR) is 66.5 cm³/mol. The van der Waals surface area contributed by atoms with Gasteiger partial charge < -0.3 is 10.4 Å². The van der Waals surface area contributed by atoms with Gasteiger partial charge >= 0.3 is 5.97 Å². The van der Waals surface area contributed by atoms with Crippen molar-refractivity contribution in [2.24, 2.45) is 5.92 Å². The summed E-state index contributed by atoms with van der Waals surface area (Å²) in [5.41, 5.74) is 0. The molecule has 92 valence electrons. The van der Waals surface area contributed by atoms with Crippen LogP contribution in [0.4, 0.5) is 0 Å². The number of carboxylic acid groups (broad SMARTS) is 1. The molecule has 0 aromatic rings. The minimum Gasteiger partial charge on any atom is -0.480 e. The van der Waals surface area contributed by atoms with E-state index in [4.69, 9.17) is 5.11 Å². The van der Waals surface area contributed by atoms with Crippen LogP contribution < -0.4 is 5.32 Å². The van der Waals surface area contributed by atoms with Crippen molar-refractivity contribution in [3.8, 4) is 0 Å². The summed E-state index contributed by atoms with van der Waals surface area (Å²) in [4.78, 5) is 22.5. The van der Waals surface area contributed by atoms with E-state index in [1.807, 2.05) is 13.2 Å². The molecular formula is C11H19NO3S. The van der Waals surface area contributed by atoms with Crippen LogP contribution in [-0.4, -0.2) is 35.0 Å². The molecule has 1 amide bonds. The molecular weight excluding hydrogens is 226 g/mol. The fourth-order valence-corrected chi connectivity index (χ4v) is 1.78. The molecule has 16 heavy (non-hydrogen) atoms. The highest BCUT2D eigenvalue weighted by Crippen LogP contribution is 2.05. The Morgan fingerprint density at radius 3 is 2.56 bits per heavy atom. The monoisotopic (exact) mass is 245 g/mol. The molecule has 0 aliphatic carbocycles. The summed E-state index contributed by atoms with van der Waals surface area (Å²) in [5, 5.41) is 11.4. The molecule has 0 fully saturated rings. The average Bonchev–Trinajstić information content (AvgIpc) is 2.23. The highest BCUT2D eigenvalue weighted by molar-refractivity contribution is 7.98. The summed E-state index contributed by atoms with van der Waals surface area (Å²) in [5.74, 6) is -0.668. The largest absolute Gasteiger partial charge is 0.480 e. The van der Waals surface area contributed by atoms with Gasteiger partial charge in [0.05, 0.1) is 0 Å². The Morgan fingerprint density at radius 2 is 2.12 bits per heavy atom. The molecule has 2 unspecified atom stereocenters. The summed E-state index contributed by atoms with van der Waals surface area (Å²) >= 11 is 1.57. The van der Waals surface area contributed by atoms with E-state index in [2.05, 4.69) is 5.32 Å². The number of amides is 1. The second-order valence-electron chi connectivity index (χ2n) is 3.56. The van der Waals surface area contributed by atoms with Gasteiger partial charge in [0, 0.05) is 11.7 Å². The van der Waals surface area contributed by atoms with Crippen molar-refractivity contribution in [3.63, 3.8) is 0 Å². The zero-order chi connectivity index (χ0) is 12.6. The molecule has 0 aliphatic rings. The number of hydrogen-bond acceptors (Lipinski definition) is 3. The fraction of sp³-hybridized carbons (Fsp3) is 0.636. The third-order valence-electron chi connectivity index (χ3n) is 2.09. The highest BCUT2D eigenvalue weighted by Gasteiger charge is 2.21. The Morgan fingerprint density at radius 1 is 1.50 bits per heavy atom. The molecule has 0 spiro atoms. The van der Waals surface area contributed by atoms with Crippen molar-refractivity contribution < 1.29 is 14.7 Å². The highest BCUT2D eigenvalue weighted by atomic mass is 32.2. The van der Waals surface area contributed by atoms with Crippen LogP contribution in [0.25, 0.3) is 0 Å². The molecule has 0 aromatic carbocycles. The van der Waals surface area contributed by atoms with Gasteiger partial charge in [0.15, 0.2) is 0 Å². The topological polar surface area (TPSA) is 66.4 Å². The van der Waals surface area contributed by atoms with Crippen LogP contribution in [0.15, 0.2) is 12.2 Å². The minimum atomic E-state index is -0.997. The second kappa shape index (κ2) is 8.21. The smallest absolute Gasteiger partial charge is 0.326 e. The minimum absolute atomic E-state index is 0.164. The normalized spacial score (nSPS) is 14.7. The molecule has 5 heteroatoms. The molecule has 0 saturated heterocycles. The number of nitrogens with one attached hydrogen (secondary N) is 1. The first-order chi connectivity index (χ1) is 7.52. The number of allylic oxidation sites excluding steroid dienone is 1. The lowest BCUT2D eigenvalue weighted by Crippen LogP contribution is -2.43. The van der Waals surface area contributed by atoms with E-state index in [1.165, 1.54) is 0 Å². The Bertz CT molecular complexity index is 266. The van der Waals surface area contributed by atoms with Crippen molar-refractivity contribution in [1.29, 1.82) is 0 Å². The molecule has 0 aliphatic heterocycles. The van der Waals surface area contributed by atoms with Gasteiger partial charge in [-0.05, 0) is 19.6 Å². The quantitative estimate of drug-likeness (QED) is 0.667. The van der Waals surface area contributed by atoms with Gasteiger partial charge in [-0.3, -0.25) is 4.79 Å². The lowest BCUT2D eigenvalue weighted by atomic mass is 10.1. The molecule has 0 bridgehead atoms. The van der Waals surface area contributed by atoms with Gasteiger partial charge in [0.1, 0.15) is 6.04 Å². The predicted octanol–water partition coefficient (Wildman–Crippen LogP) is 1.52. The third kappa shape index (κ3) is 5.80. The zero-order valence-electron chi connectivity index (χ0n) is 9.90. The maximum absolute atomic E-state index is 11.6. The van der Waals surface area contributed by atoms with E-state index in [1.54, 1.807) is 30.8 Å². The van der Waals surface area contributed by atoms with Crippen LogP contribution in [0, 0.1) is 5.92 Å². The van der Waals surface area contributed by atoms with Gasteiger partial charge in [-0.15, -0.1) is 0 Å². The van der Waals surface area contributed by atoms with Crippen LogP contribution in [0.3, 0.4) is 0 Å². The molecule has 4 nitrogen and oxygen atoms in total. The van der Waals surface area contributed by atoms with Crippen molar-refractivity contribution in [2.75, 3.05) is 12.0 Å². The fourth-order valence-electron chi connectivity index (χ4n) is 1.13. The van der Waals surface area contributed by atoms with Crippen LogP contribution in [0.1, 0.15) is 20.3 Å². The van der Waals surface area contributed by atoms with E-state index >= 15 is 0 Å². The number of carbonyl (C=O) groups is 2. The summed E-state index contributed by atoms with van der Waals surface area (Å²) in [6, 6.07) is -0.826. The molecule has 2 atom stereocenters. The van der Waals surface area contributed by atoms with E-state index < -0.39 is 12.0 Å². The van der Waals surface area contributed by atoms with Crippen LogP contribution in [0.5, 0.6) is 0 Å². The number of thioether (sulfide) groups is 1. The Balaban J connectivity index is 4.28. The number of rotatable bonds is 7. The third-order valence-corrected chi connectivity index (χ3v) is 2.92. The van der Waals surface area contributed by atoms with Gasteiger partial charge in [-0.25, -0.2) is 4.79 Å². The summed E-state index contributed by atoms with van der Waals surface area (Å²) in [6.07, 6.45) is 5.74. The molecule has 2 N–H and O–H groups in total. The van der Waals surface area contributed by atoms with Crippen LogP contribution in [-0.2, 0) is 9.59 Å². The van der Waals surface area contributed by atoms with Crippen molar-refractivity contribution in [1.82, 2.24) is 5.32 Å². The Labute approximate surface area is 100 Å². The molecule has 0 heterocycles. The maximum atomic E-state index is 11.6. The van der Waals surface area contributed by atoms with E-state index in [-0.39, 0.29) is 11.8 Å². The zero-order valence-corrected chi connectivity index (χ0v) is 10.7. The lowest BCUT2D eigenvalue weighted by molar-refractivity contribution is -0.142. The van der Waals surface area contributed by atoms with Crippen molar-refractivity contribution in [3.05, 3.63) is 12.2 Å². The van der Waals surface area contributed by atoms with Gasteiger partial charge in [0.25, 0.3) is 0 Å². The van der Waals surface area contributed by atoms with Crippen molar-refractivity contribution >= 4 is 23.6 Å². The first-order valence-corrected chi connectivity index (χ1v) is 6.55. The summed E-state index contributed by atoms with van der Waals surface area (Å²) in [7, 11) is 0. The maximum Gasteiger partial charge on any atom is 0.326 e. The molecule has 0 aromatic heterocycles. The standard InChI is InChI=1S/C11H19NO3S/c1-4-5-6-9(11(14)15)12-10(13)8(2)7-16-3/h4-5,8-9H,6-7H2,1-3H3,(H,12,13)(H,14,15)/b5-4+. The van der Waals surface area contributed by atoms with Crippen LogP contribution >= 0.6 is 11.8 Å². The Kier molecular flexibility index (Phi) is 7.72. The first-order valence-electron chi connectivity index (χ1n) is 5.16. The van der Waals surface area contributed by atoms with Gasteiger partial charge in [-0.1, -0.05) is 19.1 Å². The van der Waals surface area contributed by atoms with Crippen molar-refractivity contribution in [2.45, 2.75) is 26.3 Å². The average molecular weight is 245 g/mol.